The Kier molecular flexibility index (Phi) is 5.52. The van der Waals surface area contributed by atoms with Crippen molar-refractivity contribution in [2.45, 2.75) is 25.8 Å². The minimum Gasteiger partial charge on any atom is -0.396 e. The molecule has 0 amide bonds. The minimum absolute atomic E-state index is 0.124. The maximum Gasteiger partial charge on any atom is 0.292 e. The summed E-state index contributed by atoms with van der Waals surface area (Å²) in [5.41, 5.74) is 1.68. The van der Waals surface area contributed by atoms with Gasteiger partial charge in [0.2, 0.25) is 0 Å². The molecular formula is C15H23N3O3. The number of likely N-dealkylation sites (tertiary alicyclic amines) is 1. The molecule has 1 aliphatic heterocycles. The van der Waals surface area contributed by atoms with Crippen LogP contribution in [0.5, 0.6) is 0 Å². The van der Waals surface area contributed by atoms with Crippen molar-refractivity contribution in [2.24, 2.45) is 5.92 Å². The molecule has 6 nitrogen and oxygen atoms in total. The second kappa shape index (κ2) is 7.38. The van der Waals surface area contributed by atoms with Gasteiger partial charge in [0.05, 0.1) is 4.92 Å². The standard InChI is InChI=1S/C15H23N3O3/c1-16-15-13(5-2-6-14(15)18(20)21)11-17-8-3-4-12(10-17)7-9-19/h2,5-6,12,16,19H,3-4,7-11H2,1H3. The third-order valence-corrected chi connectivity index (χ3v) is 4.11. The normalized spacial score (nSPS) is 19.4. The Morgan fingerprint density at radius 3 is 3.00 bits per heavy atom. The summed E-state index contributed by atoms with van der Waals surface area (Å²) in [5.74, 6) is 0.528. The molecule has 1 aliphatic rings. The molecule has 1 saturated heterocycles. The van der Waals surface area contributed by atoms with Gasteiger partial charge in [0.25, 0.3) is 5.69 Å². The van der Waals surface area contributed by atoms with Crippen molar-refractivity contribution >= 4 is 11.4 Å². The second-order valence-corrected chi connectivity index (χ2v) is 5.57. The lowest BCUT2D eigenvalue weighted by molar-refractivity contribution is -0.384. The van der Waals surface area contributed by atoms with E-state index in [0.29, 0.717) is 18.2 Å². The van der Waals surface area contributed by atoms with E-state index in [2.05, 4.69) is 10.2 Å². The summed E-state index contributed by atoms with van der Waals surface area (Å²) in [5, 5.41) is 23.1. The van der Waals surface area contributed by atoms with Crippen molar-refractivity contribution in [3.8, 4) is 0 Å². The Hall–Kier alpha value is -1.66. The second-order valence-electron chi connectivity index (χ2n) is 5.57. The van der Waals surface area contributed by atoms with Crippen LogP contribution in [0.1, 0.15) is 24.8 Å². The summed E-state index contributed by atoms with van der Waals surface area (Å²) in [6.45, 7) is 2.90. The molecule has 2 rings (SSSR count). The number of hydrogen-bond donors (Lipinski definition) is 2. The fraction of sp³-hybridized carbons (Fsp3) is 0.600. The van der Waals surface area contributed by atoms with Gasteiger partial charge in [0.1, 0.15) is 5.69 Å². The summed E-state index contributed by atoms with van der Waals surface area (Å²) >= 11 is 0. The first-order chi connectivity index (χ1) is 10.2. The Bertz CT molecular complexity index is 491. The highest BCUT2D eigenvalue weighted by molar-refractivity contribution is 5.66. The molecule has 0 radical (unpaired) electrons. The summed E-state index contributed by atoms with van der Waals surface area (Å²) < 4.78 is 0. The molecule has 0 spiro atoms. The fourth-order valence-electron chi connectivity index (χ4n) is 3.11. The number of piperidine rings is 1. The van der Waals surface area contributed by atoms with E-state index in [0.717, 1.165) is 37.9 Å². The molecule has 6 heteroatoms. The highest BCUT2D eigenvalue weighted by atomic mass is 16.6. The van der Waals surface area contributed by atoms with Crippen LogP contribution in [0.15, 0.2) is 18.2 Å². The fourth-order valence-corrected chi connectivity index (χ4v) is 3.11. The SMILES string of the molecule is CNc1c(CN2CCCC(CCO)C2)cccc1[N+](=O)[O-]. The van der Waals surface area contributed by atoms with Crippen molar-refractivity contribution in [3.63, 3.8) is 0 Å². The number of nitrogens with one attached hydrogen (secondary N) is 1. The van der Waals surface area contributed by atoms with Crippen molar-refractivity contribution in [1.29, 1.82) is 0 Å². The molecule has 21 heavy (non-hydrogen) atoms. The van der Waals surface area contributed by atoms with Crippen LogP contribution in [0.25, 0.3) is 0 Å². The molecule has 1 aromatic carbocycles. The van der Waals surface area contributed by atoms with Crippen LogP contribution in [0.4, 0.5) is 11.4 Å². The molecule has 1 aromatic rings. The van der Waals surface area contributed by atoms with Crippen LogP contribution < -0.4 is 5.32 Å². The average Bonchev–Trinajstić information content (AvgIpc) is 2.47. The first-order valence-electron chi connectivity index (χ1n) is 7.43. The Balaban J connectivity index is 2.12. The van der Waals surface area contributed by atoms with Gasteiger partial charge in [-0.1, -0.05) is 12.1 Å². The number of para-hydroxylation sites is 1. The van der Waals surface area contributed by atoms with Gasteiger partial charge in [-0.05, 0) is 37.3 Å². The largest absolute Gasteiger partial charge is 0.396 e. The highest BCUT2D eigenvalue weighted by Crippen LogP contribution is 2.30. The number of benzene rings is 1. The number of nitrogens with zero attached hydrogens (tertiary/aromatic N) is 2. The van der Waals surface area contributed by atoms with Crippen LogP contribution in [-0.4, -0.2) is 41.7 Å². The first-order valence-corrected chi connectivity index (χ1v) is 7.43. The molecule has 2 N–H and O–H groups in total. The number of rotatable bonds is 6. The average molecular weight is 293 g/mol. The van der Waals surface area contributed by atoms with Crippen LogP contribution >= 0.6 is 0 Å². The molecular weight excluding hydrogens is 270 g/mol. The molecule has 0 saturated carbocycles. The van der Waals surface area contributed by atoms with Crippen LogP contribution in [0.3, 0.4) is 0 Å². The number of anilines is 1. The van der Waals surface area contributed by atoms with Gasteiger partial charge in [-0.15, -0.1) is 0 Å². The van der Waals surface area contributed by atoms with E-state index in [9.17, 15) is 10.1 Å². The van der Waals surface area contributed by atoms with Crippen molar-refractivity contribution in [3.05, 3.63) is 33.9 Å². The van der Waals surface area contributed by atoms with E-state index in [-0.39, 0.29) is 17.2 Å². The minimum atomic E-state index is -0.347. The van der Waals surface area contributed by atoms with Crippen molar-refractivity contribution < 1.29 is 10.0 Å². The molecule has 1 unspecified atom stereocenters. The van der Waals surface area contributed by atoms with Gasteiger partial charge in [0.15, 0.2) is 0 Å². The molecule has 1 heterocycles. The third kappa shape index (κ3) is 3.92. The molecule has 1 fully saturated rings. The predicted octanol–water partition coefficient (Wildman–Crippen LogP) is 2.23. The Morgan fingerprint density at radius 1 is 1.52 bits per heavy atom. The van der Waals surface area contributed by atoms with Gasteiger partial charge in [-0.2, -0.15) is 0 Å². The third-order valence-electron chi connectivity index (χ3n) is 4.11. The van der Waals surface area contributed by atoms with Gasteiger partial charge in [-0.25, -0.2) is 0 Å². The van der Waals surface area contributed by atoms with E-state index in [1.807, 2.05) is 6.07 Å². The number of aliphatic hydroxyl groups excluding tert-OH is 1. The van der Waals surface area contributed by atoms with Crippen molar-refractivity contribution in [1.82, 2.24) is 4.90 Å². The van der Waals surface area contributed by atoms with E-state index >= 15 is 0 Å². The van der Waals surface area contributed by atoms with Crippen LogP contribution in [0, 0.1) is 16.0 Å². The summed E-state index contributed by atoms with van der Waals surface area (Å²) in [6.07, 6.45) is 3.11. The van der Waals surface area contributed by atoms with E-state index in [4.69, 9.17) is 5.11 Å². The Morgan fingerprint density at radius 2 is 2.33 bits per heavy atom. The molecule has 0 aliphatic carbocycles. The molecule has 0 bridgehead atoms. The van der Waals surface area contributed by atoms with Gasteiger partial charge in [0, 0.05) is 32.8 Å². The van der Waals surface area contributed by atoms with E-state index in [1.54, 1.807) is 13.1 Å². The zero-order valence-electron chi connectivity index (χ0n) is 12.4. The lowest BCUT2D eigenvalue weighted by atomic mass is 9.94. The number of aliphatic hydroxyl groups is 1. The molecule has 116 valence electrons. The predicted molar refractivity (Wildman–Crippen MR) is 82.3 cm³/mol. The van der Waals surface area contributed by atoms with Crippen LogP contribution in [-0.2, 0) is 6.54 Å². The zero-order chi connectivity index (χ0) is 15.2. The van der Waals surface area contributed by atoms with Crippen molar-refractivity contribution in [2.75, 3.05) is 32.1 Å². The number of nitro groups is 1. The monoisotopic (exact) mass is 293 g/mol. The molecule has 1 atom stereocenters. The van der Waals surface area contributed by atoms with Crippen LogP contribution in [0.2, 0.25) is 0 Å². The summed E-state index contributed by atoms with van der Waals surface area (Å²) in [7, 11) is 1.72. The maximum absolute atomic E-state index is 11.1. The highest BCUT2D eigenvalue weighted by Gasteiger charge is 2.22. The Labute approximate surface area is 124 Å². The lowest BCUT2D eigenvalue weighted by Gasteiger charge is -2.32. The summed E-state index contributed by atoms with van der Waals surface area (Å²) in [6, 6.07) is 5.21. The smallest absolute Gasteiger partial charge is 0.292 e. The quantitative estimate of drug-likeness (QED) is 0.621. The zero-order valence-corrected chi connectivity index (χ0v) is 12.4. The van der Waals surface area contributed by atoms with Gasteiger partial charge in [-0.3, -0.25) is 15.0 Å². The van der Waals surface area contributed by atoms with Gasteiger partial charge < -0.3 is 10.4 Å². The first kappa shape index (κ1) is 15.7. The topological polar surface area (TPSA) is 78.6 Å². The lowest BCUT2D eigenvalue weighted by Crippen LogP contribution is -2.35. The number of nitro benzene ring substituents is 1. The number of hydrogen-bond acceptors (Lipinski definition) is 5. The molecule has 0 aromatic heterocycles. The van der Waals surface area contributed by atoms with E-state index in [1.165, 1.54) is 6.07 Å². The summed E-state index contributed by atoms with van der Waals surface area (Å²) in [4.78, 5) is 13.1. The maximum atomic E-state index is 11.1. The van der Waals surface area contributed by atoms with Gasteiger partial charge >= 0.3 is 0 Å². The van der Waals surface area contributed by atoms with E-state index < -0.39 is 0 Å².